The van der Waals surface area contributed by atoms with Crippen LogP contribution in [0.3, 0.4) is 0 Å². The first-order chi connectivity index (χ1) is 12.3. The molecule has 4 rings (SSSR count). The minimum atomic E-state index is -0.244. The van der Waals surface area contributed by atoms with E-state index in [1.54, 1.807) is 46.4 Å². The van der Waals surface area contributed by atoms with Gasteiger partial charge in [-0.1, -0.05) is 17.3 Å². The summed E-state index contributed by atoms with van der Waals surface area (Å²) in [7, 11) is 0. The number of furan rings is 1. The molecule has 0 unspecified atom stereocenters. The Balaban J connectivity index is 1.42. The molecular weight excluding hydrogens is 320 g/mol. The highest BCUT2D eigenvalue weighted by Crippen LogP contribution is 2.11. The lowest BCUT2D eigenvalue weighted by Crippen LogP contribution is -2.10. The number of anilines is 1. The van der Waals surface area contributed by atoms with Crippen LogP contribution >= 0.6 is 0 Å². The van der Waals surface area contributed by atoms with E-state index in [2.05, 4.69) is 20.7 Å². The number of nitrogens with one attached hydrogen (secondary N) is 1. The van der Waals surface area contributed by atoms with Gasteiger partial charge in [-0.2, -0.15) is 5.10 Å². The number of nitrogens with zero attached hydrogens (tertiary/aromatic N) is 5. The standard InChI is InChI=1S/C17H14N6O2/c24-17(6-5-13-7-8-25-11-13)19-14-9-18-22(10-14)12-23-16-4-2-1-3-15(16)20-21-23/h1-11H,12H2,(H,19,24)/b6-5+. The Labute approximate surface area is 142 Å². The lowest BCUT2D eigenvalue weighted by atomic mass is 10.3. The van der Waals surface area contributed by atoms with E-state index >= 15 is 0 Å². The fourth-order valence-corrected chi connectivity index (χ4v) is 2.39. The Kier molecular flexibility index (Phi) is 3.83. The summed E-state index contributed by atoms with van der Waals surface area (Å²) in [5.41, 5.74) is 3.18. The van der Waals surface area contributed by atoms with Crippen LogP contribution in [0, 0.1) is 0 Å². The van der Waals surface area contributed by atoms with Crippen LogP contribution in [0.4, 0.5) is 5.69 Å². The van der Waals surface area contributed by atoms with E-state index in [1.165, 1.54) is 6.08 Å². The highest BCUT2D eigenvalue weighted by molar-refractivity contribution is 6.01. The van der Waals surface area contributed by atoms with Crippen molar-refractivity contribution >= 4 is 28.7 Å². The van der Waals surface area contributed by atoms with Crippen LogP contribution in [0.1, 0.15) is 5.56 Å². The highest BCUT2D eigenvalue weighted by atomic mass is 16.3. The molecule has 25 heavy (non-hydrogen) atoms. The van der Waals surface area contributed by atoms with Gasteiger partial charge >= 0.3 is 0 Å². The number of para-hydroxylation sites is 1. The molecule has 8 nitrogen and oxygen atoms in total. The van der Waals surface area contributed by atoms with E-state index in [9.17, 15) is 4.79 Å². The van der Waals surface area contributed by atoms with Crippen molar-refractivity contribution < 1.29 is 9.21 Å². The third-order valence-corrected chi connectivity index (χ3v) is 3.57. The second-order valence-electron chi connectivity index (χ2n) is 5.37. The molecule has 1 N–H and O–H groups in total. The molecule has 0 aliphatic rings. The van der Waals surface area contributed by atoms with Crippen molar-refractivity contribution in [2.45, 2.75) is 6.67 Å². The van der Waals surface area contributed by atoms with E-state index < -0.39 is 0 Å². The molecule has 0 aliphatic carbocycles. The number of amides is 1. The first-order valence-corrected chi connectivity index (χ1v) is 7.60. The maximum Gasteiger partial charge on any atom is 0.248 e. The molecular formula is C17H14N6O2. The van der Waals surface area contributed by atoms with E-state index in [0.29, 0.717) is 12.4 Å². The SMILES string of the molecule is O=C(/C=C/c1ccoc1)Nc1cnn(Cn2nnc3ccccc32)c1. The minimum Gasteiger partial charge on any atom is -0.472 e. The smallest absolute Gasteiger partial charge is 0.248 e. The van der Waals surface area contributed by atoms with Gasteiger partial charge in [0.25, 0.3) is 0 Å². The number of carbonyl (C=O) groups is 1. The summed E-state index contributed by atoms with van der Waals surface area (Å²) in [6.45, 7) is 0.404. The number of fused-ring (bicyclic) bond motifs is 1. The number of carbonyl (C=O) groups excluding carboxylic acids is 1. The summed E-state index contributed by atoms with van der Waals surface area (Å²) in [6, 6.07) is 9.47. The van der Waals surface area contributed by atoms with Crippen molar-refractivity contribution in [3.63, 3.8) is 0 Å². The van der Waals surface area contributed by atoms with Crippen LogP contribution < -0.4 is 5.32 Å². The van der Waals surface area contributed by atoms with Crippen LogP contribution in [0.5, 0.6) is 0 Å². The van der Waals surface area contributed by atoms with Crippen molar-refractivity contribution in [2.24, 2.45) is 0 Å². The van der Waals surface area contributed by atoms with Gasteiger partial charge in [-0.15, -0.1) is 5.10 Å². The Morgan fingerprint density at radius 1 is 1.28 bits per heavy atom. The fraction of sp³-hybridized carbons (Fsp3) is 0.0588. The highest BCUT2D eigenvalue weighted by Gasteiger charge is 2.06. The molecule has 0 saturated carbocycles. The number of aromatic nitrogens is 5. The predicted molar refractivity (Wildman–Crippen MR) is 91.5 cm³/mol. The molecule has 0 bridgehead atoms. The third kappa shape index (κ3) is 3.32. The molecule has 1 amide bonds. The molecule has 3 aromatic heterocycles. The Morgan fingerprint density at radius 2 is 2.20 bits per heavy atom. The molecule has 0 saturated heterocycles. The summed E-state index contributed by atoms with van der Waals surface area (Å²) in [5, 5.41) is 15.2. The van der Waals surface area contributed by atoms with Gasteiger partial charge in [-0.05, 0) is 24.3 Å². The van der Waals surface area contributed by atoms with Crippen molar-refractivity contribution in [2.75, 3.05) is 5.32 Å². The average molecular weight is 334 g/mol. The van der Waals surface area contributed by atoms with E-state index in [4.69, 9.17) is 4.42 Å². The largest absolute Gasteiger partial charge is 0.472 e. The lowest BCUT2D eigenvalue weighted by Gasteiger charge is -2.02. The Morgan fingerprint density at radius 3 is 3.08 bits per heavy atom. The summed E-state index contributed by atoms with van der Waals surface area (Å²) < 4.78 is 8.36. The molecule has 0 aliphatic heterocycles. The topological polar surface area (TPSA) is 90.8 Å². The Bertz CT molecular complexity index is 1030. The minimum absolute atomic E-state index is 0.244. The monoisotopic (exact) mass is 334 g/mol. The summed E-state index contributed by atoms with van der Waals surface area (Å²) in [6.07, 6.45) is 9.54. The second-order valence-corrected chi connectivity index (χ2v) is 5.37. The van der Waals surface area contributed by atoms with Gasteiger partial charge in [0.15, 0.2) is 0 Å². The number of rotatable bonds is 5. The molecule has 1 aromatic carbocycles. The molecule has 0 fully saturated rings. The second kappa shape index (κ2) is 6.44. The third-order valence-electron chi connectivity index (χ3n) is 3.57. The molecule has 4 aromatic rings. The zero-order chi connectivity index (χ0) is 17.1. The molecule has 0 atom stereocenters. The van der Waals surface area contributed by atoms with Gasteiger partial charge in [0.05, 0.1) is 36.1 Å². The number of hydrogen-bond acceptors (Lipinski definition) is 5. The van der Waals surface area contributed by atoms with E-state index in [-0.39, 0.29) is 5.91 Å². The van der Waals surface area contributed by atoms with Crippen LogP contribution in [0.25, 0.3) is 17.1 Å². The van der Waals surface area contributed by atoms with E-state index in [0.717, 1.165) is 16.6 Å². The van der Waals surface area contributed by atoms with Gasteiger partial charge in [0.2, 0.25) is 5.91 Å². The maximum atomic E-state index is 11.9. The summed E-state index contributed by atoms with van der Waals surface area (Å²) in [5.74, 6) is -0.244. The van der Waals surface area contributed by atoms with Gasteiger partial charge < -0.3 is 9.73 Å². The van der Waals surface area contributed by atoms with Crippen LogP contribution in [-0.4, -0.2) is 30.7 Å². The fourth-order valence-electron chi connectivity index (χ4n) is 2.39. The van der Waals surface area contributed by atoms with Gasteiger partial charge in [0, 0.05) is 11.6 Å². The maximum absolute atomic E-state index is 11.9. The van der Waals surface area contributed by atoms with Crippen molar-refractivity contribution in [3.05, 3.63) is 66.9 Å². The molecule has 8 heteroatoms. The molecule has 3 heterocycles. The van der Waals surface area contributed by atoms with Crippen LogP contribution in [0.15, 0.2) is 65.7 Å². The first kappa shape index (κ1) is 14.9. The van der Waals surface area contributed by atoms with Crippen molar-refractivity contribution in [3.8, 4) is 0 Å². The van der Waals surface area contributed by atoms with Gasteiger partial charge in [-0.25, -0.2) is 9.36 Å². The van der Waals surface area contributed by atoms with E-state index in [1.807, 2.05) is 24.3 Å². The van der Waals surface area contributed by atoms with Gasteiger partial charge in [-0.3, -0.25) is 4.79 Å². The number of hydrogen-bond donors (Lipinski definition) is 1. The summed E-state index contributed by atoms with van der Waals surface area (Å²) in [4.78, 5) is 11.9. The first-order valence-electron chi connectivity index (χ1n) is 7.60. The number of benzene rings is 1. The van der Waals surface area contributed by atoms with Gasteiger partial charge in [0.1, 0.15) is 12.2 Å². The molecule has 0 radical (unpaired) electrons. The zero-order valence-electron chi connectivity index (χ0n) is 13.1. The van der Waals surface area contributed by atoms with Crippen molar-refractivity contribution in [1.29, 1.82) is 0 Å². The molecule has 124 valence electrons. The lowest BCUT2D eigenvalue weighted by molar-refractivity contribution is -0.111. The quantitative estimate of drug-likeness (QED) is 0.566. The van der Waals surface area contributed by atoms with Crippen LogP contribution in [-0.2, 0) is 11.5 Å². The predicted octanol–water partition coefficient (Wildman–Crippen LogP) is 2.38. The average Bonchev–Trinajstić information content (AvgIpc) is 3.36. The molecule has 0 spiro atoms. The Hall–Kier alpha value is -3.68. The van der Waals surface area contributed by atoms with Crippen molar-refractivity contribution in [1.82, 2.24) is 24.8 Å². The summed E-state index contributed by atoms with van der Waals surface area (Å²) >= 11 is 0. The normalized spacial score (nSPS) is 11.4. The zero-order valence-corrected chi connectivity index (χ0v) is 13.1. The van der Waals surface area contributed by atoms with Crippen LogP contribution in [0.2, 0.25) is 0 Å².